The molecule has 1 amide bonds. The molecule has 0 fully saturated rings. The van der Waals surface area contributed by atoms with Crippen LogP contribution in [0.3, 0.4) is 0 Å². The van der Waals surface area contributed by atoms with E-state index in [1.54, 1.807) is 0 Å². The number of carbonyl (C=O) groups is 1. The number of carbonyl (C=O) groups excluding carboxylic acids is 1. The van der Waals surface area contributed by atoms with Gasteiger partial charge in [0.15, 0.2) is 0 Å². The van der Waals surface area contributed by atoms with E-state index in [9.17, 15) is 4.79 Å². The van der Waals surface area contributed by atoms with Crippen molar-refractivity contribution >= 4 is 5.91 Å². The van der Waals surface area contributed by atoms with Crippen LogP contribution in [0.5, 0.6) is 0 Å². The molecule has 3 N–H and O–H groups in total. The van der Waals surface area contributed by atoms with Crippen LogP contribution in [-0.2, 0) is 16.6 Å². The molecule has 0 bridgehead atoms. The van der Waals surface area contributed by atoms with Gasteiger partial charge in [0.05, 0.1) is 5.41 Å². The third-order valence-electron chi connectivity index (χ3n) is 5.25. The second-order valence-electron chi connectivity index (χ2n) is 6.59. The van der Waals surface area contributed by atoms with E-state index in [1.807, 2.05) is 6.07 Å². The summed E-state index contributed by atoms with van der Waals surface area (Å²) in [6.07, 6.45) is 4.79. The second kappa shape index (κ2) is 6.18. The molecule has 0 saturated heterocycles. The molecule has 21 heavy (non-hydrogen) atoms. The van der Waals surface area contributed by atoms with Gasteiger partial charge in [-0.25, -0.2) is 0 Å². The number of aryl methyl sites for hydroxylation is 1. The Hall–Kier alpha value is -1.35. The molecule has 1 aliphatic carbocycles. The monoisotopic (exact) mass is 288 g/mol. The topological polar surface area (TPSA) is 55.1 Å². The SMILES string of the molecule is CCC(N)(CC)CNC(=O)C1(C)CCCc2ccccc21. The molecule has 116 valence electrons. The Labute approximate surface area is 128 Å². The zero-order chi connectivity index (χ0) is 15.5. The molecule has 1 atom stereocenters. The minimum atomic E-state index is -0.419. The first-order chi connectivity index (χ1) is 9.95. The lowest BCUT2D eigenvalue weighted by Gasteiger charge is -2.36. The average molecular weight is 288 g/mol. The smallest absolute Gasteiger partial charge is 0.230 e. The van der Waals surface area contributed by atoms with Gasteiger partial charge in [0.25, 0.3) is 0 Å². The number of hydrogen-bond acceptors (Lipinski definition) is 2. The maximum atomic E-state index is 12.8. The number of amides is 1. The Bertz CT molecular complexity index is 508. The van der Waals surface area contributed by atoms with Gasteiger partial charge in [0.2, 0.25) is 5.91 Å². The van der Waals surface area contributed by atoms with Crippen molar-refractivity contribution in [3.63, 3.8) is 0 Å². The summed E-state index contributed by atoms with van der Waals surface area (Å²) < 4.78 is 0. The molecule has 0 aliphatic heterocycles. The van der Waals surface area contributed by atoms with E-state index >= 15 is 0 Å². The Morgan fingerprint density at radius 2 is 2.00 bits per heavy atom. The van der Waals surface area contributed by atoms with Gasteiger partial charge in [-0.1, -0.05) is 38.1 Å². The van der Waals surface area contributed by atoms with Crippen LogP contribution in [0.15, 0.2) is 24.3 Å². The summed E-state index contributed by atoms with van der Waals surface area (Å²) in [6, 6.07) is 8.33. The lowest BCUT2D eigenvalue weighted by atomic mass is 9.70. The molecule has 1 unspecified atom stereocenters. The number of nitrogens with two attached hydrogens (primary N) is 1. The van der Waals surface area contributed by atoms with Gasteiger partial charge in [-0.05, 0) is 50.2 Å². The van der Waals surface area contributed by atoms with Gasteiger partial charge in [0, 0.05) is 12.1 Å². The highest BCUT2D eigenvalue weighted by atomic mass is 16.2. The van der Waals surface area contributed by atoms with E-state index in [4.69, 9.17) is 5.73 Å². The first-order valence-electron chi connectivity index (χ1n) is 8.11. The molecule has 3 nitrogen and oxygen atoms in total. The number of fused-ring (bicyclic) bond motifs is 1. The third kappa shape index (κ3) is 3.13. The van der Waals surface area contributed by atoms with Crippen LogP contribution < -0.4 is 11.1 Å². The minimum absolute atomic E-state index is 0.117. The van der Waals surface area contributed by atoms with Crippen molar-refractivity contribution in [3.8, 4) is 0 Å². The van der Waals surface area contributed by atoms with Crippen LogP contribution in [0.2, 0.25) is 0 Å². The molecular formula is C18H28N2O. The van der Waals surface area contributed by atoms with E-state index in [0.29, 0.717) is 6.54 Å². The molecule has 1 aromatic carbocycles. The molecule has 0 radical (unpaired) electrons. The lowest BCUT2D eigenvalue weighted by molar-refractivity contribution is -0.127. The van der Waals surface area contributed by atoms with E-state index in [2.05, 4.69) is 44.3 Å². The van der Waals surface area contributed by atoms with Crippen molar-refractivity contribution in [1.29, 1.82) is 0 Å². The summed E-state index contributed by atoms with van der Waals surface area (Å²) in [5.41, 5.74) is 8.08. The van der Waals surface area contributed by atoms with Gasteiger partial charge >= 0.3 is 0 Å². The summed E-state index contributed by atoms with van der Waals surface area (Å²) in [4.78, 5) is 12.8. The molecule has 0 heterocycles. The van der Waals surface area contributed by atoms with Gasteiger partial charge in [-0.3, -0.25) is 4.79 Å². The molecule has 0 saturated carbocycles. The number of hydrogen-bond donors (Lipinski definition) is 2. The van der Waals surface area contributed by atoms with Crippen LogP contribution in [0, 0.1) is 0 Å². The van der Waals surface area contributed by atoms with Gasteiger partial charge < -0.3 is 11.1 Å². The third-order valence-corrected chi connectivity index (χ3v) is 5.25. The van der Waals surface area contributed by atoms with Crippen molar-refractivity contribution in [1.82, 2.24) is 5.32 Å². The van der Waals surface area contributed by atoms with Gasteiger partial charge in [-0.15, -0.1) is 0 Å². The maximum absolute atomic E-state index is 12.8. The summed E-state index contributed by atoms with van der Waals surface area (Å²) in [5, 5.41) is 3.11. The van der Waals surface area contributed by atoms with Gasteiger partial charge in [-0.2, -0.15) is 0 Å². The Balaban J connectivity index is 2.16. The van der Waals surface area contributed by atoms with E-state index < -0.39 is 5.41 Å². The van der Waals surface area contributed by atoms with Crippen molar-refractivity contribution in [3.05, 3.63) is 35.4 Å². The summed E-state index contributed by atoms with van der Waals surface area (Å²) in [5.74, 6) is 0.117. The van der Waals surface area contributed by atoms with Crippen molar-refractivity contribution in [2.45, 2.75) is 63.8 Å². The zero-order valence-electron chi connectivity index (χ0n) is 13.5. The van der Waals surface area contributed by atoms with Crippen LogP contribution in [0.1, 0.15) is 57.6 Å². The van der Waals surface area contributed by atoms with Gasteiger partial charge in [0.1, 0.15) is 0 Å². The second-order valence-corrected chi connectivity index (χ2v) is 6.59. The molecule has 1 aromatic rings. The minimum Gasteiger partial charge on any atom is -0.353 e. The van der Waals surface area contributed by atoms with E-state index in [0.717, 1.165) is 32.1 Å². The Morgan fingerprint density at radius 1 is 1.33 bits per heavy atom. The van der Waals surface area contributed by atoms with Crippen molar-refractivity contribution in [2.75, 3.05) is 6.54 Å². The summed E-state index contributed by atoms with van der Waals surface area (Å²) >= 11 is 0. The molecular weight excluding hydrogens is 260 g/mol. The van der Waals surface area contributed by atoms with E-state index in [-0.39, 0.29) is 11.4 Å². The van der Waals surface area contributed by atoms with Crippen LogP contribution >= 0.6 is 0 Å². The van der Waals surface area contributed by atoms with Crippen LogP contribution in [-0.4, -0.2) is 18.0 Å². The molecule has 2 rings (SSSR count). The lowest BCUT2D eigenvalue weighted by Crippen LogP contribution is -2.53. The zero-order valence-corrected chi connectivity index (χ0v) is 13.5. The largest absolute Gasteiger partial charge is 0.353 e. The standard InChI is InChI=1S/C18H28N2O/c1-4-18(19,5-2)13-20-16(21)17(3)12-8-10-14-9-6-7-11-15(14)17/h6-7,9,11H,4-5,8,10,12-13,19H2,1-3H3,(H,20,21). The first kappa shape index (κ1) is 16.0. The van der Waals surface area contributed by atoms with Crippen molar-refractivity contribution < 1.29 is 4.79 Å². The normalized spacial score (nSPS) is 21.7. The quantitative estimate of drug-likeness (QED) is 0.875. The van der Waals surface area contributed by atoms with Crippen molar-refractivity contribution in [2.24, 2.45) is 5.73 Å². The Morgan fingerprint density at radius 3 is 2.67 bits per heavy atom. The highest BCUT2D eigenvalue weighted by molar-refractivity contribution is 5.88. The average Bonchev–Trinajstić information content (AvgIpc) is 2.52. The maximum Gasteiger partial charge on any atom is 0.230 e. The number of nitrogens with one attached hydrogen (secondary N) is 1. The molecule has 1 aliphatic rings. The van der Waals surface area contributed by atoms with E-state index in [1.165, 1.54) is 11.1 Å². The molecule has 3 heteroatoms. The number of benzene rings is 1. The molecule has 0 aromatic heterocycles. The molecule has 0 spiro atoms. The first-order valence-corrected chi connectivity index (χ1v) is 8.11. The Kier molecular flexibility index (Phi) is 4.72. The highest BCUT2D eigenvalue weighted by Crippen LogP contribution is 2.37. The predicted molar refractivity (Wildman–Crippen MR) is 87.2 cm³/mol. The summed E-state index contributed by atoms with van der Waals surface area (Å²) in [6.45, 7) is 6.77. The van der Waals surface area contributed by atoms with Crippen LogP contribution in [0.4, 0.5) is 0 Å². The predicted octanol–water partition coefficient (Wildman–Crippen LogP) is 2.91. The number of rotatable bonds is 5. The summed E-state index contributed by atoms with van der Waals surface area (Å²) in [7, 11) is 0. The fourth-order valence-corrected chi connectivity index (χ4v) is 3.23. The fourth-order valence-electron chi connectivity index (χ4n) is 3.23. The fraction of sp³-hybridized carbons (Fsp3) is 0.611. The highest BCUT2D eigenvalue weighted by Gasteiger charge is 2.39. The van der Waals surface area contributed by atoms with Crippen LogP contribution in [0.25, 0.3) is 0 Å².